The number of allylic oxidation sites excluding steroid dienone is 2. The second kappa shape index (κ2) is 9.91. The molecule has 2 aromatic carbocycles. The van der Waals surface area contributed by atoms with Crippen LogP contribution in [-0.4, -0.2) is 21.1 Å². The van der Waals surface area contributed by atoms with Gasteiger partial charge in [0, 0.05) is 16.3 Å². The van der Waals surface area contributed by atoms with E-state index in [-0.39, 0.29) is 0 Å². The van der Waals surface area contributed by atoms with Gasteiger partial charge in [0.05, 0.1) is 7.11 Å². The third kappa shape index (κ3) is 4.32. The van der Waals surface area contributed by atoms with Crippen LogP contribution in [0.1, 0.15) is 52.7 Å². The van der Waals surface area contributed by atoms with Crippen molar-refractivity contribution in [3.63, 3.8) is 0 Å². The standard InChI is InChI=1S/C26H34O2Si/c1-19(2)29(20(3)4,21(5)6)24(18-27)25(22-14-10-8-11-15-22)26(28-7)23-16-12-9-13-17-23/h8-17,19-21H,1-7H3/b26-25-. The molecule has 0 spiro atoms. The van der Waals surface area contributed by atoms with E-state index >= 15 is 0 Å². The summed E-state index contributed by atoms with van der Waals surface area (Å²) in [6, 6.07) is 20.2. The Hall–Kier alpha value is -2.35. The fraction of sp³-hybridized carbons (Fsp3) is 0.385. The molecule has 0 bridgehead atoms. The maximum Gasteiger partial charge on any atom is 0.134 e. The van der Waals surface area contributed by atoms with Gasteiger partial charge in [-0.25, -0.2) is 4.79 Å². The summed E-state index contributed by atoms with van der Waals surface area (Å²) >= 11 is 0. The summed E-state index contributed by atoms with van der Waals surface area (Å²) in [5, 5.41) is 0.837. The van der Waals surface area contributed by atoms with Crippen LogP contribution in [0, 0.1) is 0 Å². The molecule has 0 N–H and O–H groups in total. The monoisotopic (exact) mass is 406 g/mol. The molecule has 0 saturated heterocycles. The first kappa shape index (κ1) is 22.9. The van der Waals surface area contributed by atoms with Gasteiger partial charge in [0.1, 0.15) is 19.8 Å². The van der Waals surface area contributed by atoms with Crippen molar-refractivity contribution in [3.8, 4) is 0 Å². The summed E-state index contributed by atoms with van der Waals surface area (Å²) in [5.41, 5.74) is 4.06. The van der Waals surface area contributed by atoms with E-state index in [9.17, 15) is 4.79 Å². The van der Waals surface area contributed by atoms with Gasteiger partial charge < -0.3 is 4.74 Å². The Balaban J connectivity index is 2.98. The molecule has 0 fully saturated rings. The summed E-state index contributed by atoms with van der Waals surface area (Å²) in [7, 11) is -0.568. The number of hydrogen-bond acceptors (Lipinski definition) is 2. The average molecular weight is 407 g/mol. The molecular formula is C26H34O2Si. The van der Waals surface area contributed by atoms with Gasteiger partial charge in [-0.15, -0.1) is 0 Å². The van der Waals surface area contributed by atoms with Gasteiger partial charge in [-0.1, -0.05) is 102 Å². The Labute approximate surface area is 177 Å². The van der Waals surface area contributed by atoms with Crippen molar-refractivity contribution in [2.24, 2.45) is 0 Å². The largest absolute Gasteiger partial charge is 0.495 e. The van der Waals surface area contributed by atoms with Crippen LogP contribution >= 0.6 is 0 Å². The molecule has 154 valence electrons. The molecule has 2 rings (SSSR count). The second-order valence-electron chi connectivity index (χ2n) is 8.51. The molecule has 0 aliphatic carbocycles. The molecule has 0 saturated carbocycles. The van der Waals surface area contributed by atoms with Crippen LogP contribution in [0.2, 0.25) is 16.6 Å². The third-order valence-electron chi connectivity index (χ3n) is 6.18. The minimum atomic E-state index is -2.26. The number of benzene rings is 2. The Morgan fingerprint density at radius 3 is 1.52 bits per heavy atom. The third-order valence-corrected chi connectivity index (χ3v) is 13.1. The summed E-state index contributed by atoms with van der Waals surface area (Å²) in [4.78, 5) is 12.7. The van der Waals surface area contributed by atoms with E-state index in [1.54, 1.807) is 7.11 Å². The van der Waals surface area contributed by atoms with E-state index in [1.165, 1.54) is 0 Å². The number of rotatable bonds is 8. The van der Waals surface area contributed by atoms with E-state index in [2.05, 4.69) is 59.6 Å². The highest BCUT2D eigenvalue weighted by Gasteiger charge is 2.49. The van der Waals surface area contributed by atoms with Gasteiger partial charge in [0.2, 0.25) is 0 Å². The maximum atomic E-state index is 12.7. The van der Waals surface area contributed by atoms with Crippen LogP contribution < -0.4 is 0 Å². The predicted molar refractivity (Wildman–Crippen MR) is 127 cm³/mol. The van der Waals surface area contributed by atoms with Crippen molar-refractivity contribution in [1.82, 2.24) is 0 Å². The first-order valence-electron chi connectivity index (χ1n) is 10.5. The van der Waals surface area contributed by atoms with Crippen molar-refractivity contribution in [3.05, 3.63) is 77.0 Å². The summed E-state index contributed by atoms with van der Waals surface area (Å²) in [6.07, 6.45) is 0. The van der Waals surface area contributed by atoms with E-state index in [0.717, 1.165) is 27.7 Å². The Morgan fingerprint density at radius 2 is 1.17 bits per heavy atom. The first-order chi connectivity index (χ1) is 13.8. The number of carbonyl (C=O) groups excluding carboxylic acids is 1. The molecule has 0 radical (unpaired) electrons. The van der Waals surface area contributed by atoms with Crippen LogP contribution in [0.3, 0.4) is 0 Å². The van der Waals surface area contributed by atoms with Crippen LogP contribution in [0.15, 0.2) is 65.9 Å². The van der Waals surface area contributed by atoms with Crippen molar-refractivity contribution >= 4 is 25.3 Å². The van der Waals surface area contributed by atoms with Crippen LogP contribution in [-0.2, 0) is 9.53 Å². The fourth-order valence-electron chi connectivity index (χ4n) is 5.17. The minimum absolute atomic E-state index is 0.395. The average Bonchev–Trinajstić information content (AvgIpc) is 2.71. The summed E-state index contributed by atoms with van der Waals surface area (Å²) < 4.78 is 5.97. The van der Waals surface area contributed by atoms with Crippen LogP contribution in [0.25, 0.3) is 11.3 Å². The number of ether oxygens (including phenoxy) is 1. The number of methoxy groups -OCH3 is 1. The minimum Gasteiger partial charge on any atom is -0.495 e. The predicted octanol–water partition coefficient (Wildman–Crippen LogP) is 7.18. The van der Waals surface area contributed by atoms with E-state index < -0.39 is 8.07 Å². The van der Waals surface area contributed by atoms with Crippen molar-refractivity contribution in [2.75, 3.05) is 7.11 Å². The lowest BCUT2D eigenvalue weighted by molar-refractivity contribution is 0.371. The maximum absolute atomic E-state index is 12.7. The molecule has 3 heteroatoms. The molecule has 2 nitrogen and oxygen atoms in total. The van der Waals surface area contributed by atoms with Gasteiger partial charge in [-0.2, -0.15) is 0 Å². The number of hydrogen-bond donors (Lipinski definition) is 0. The lowest BCUT2D eigenvalue weighted by atomic mass is 10.0. The normalized spacial score (nSPS) is 12.8. The molecule has 0 unspecified atom stereocenters. The van der Waals surface area contributed by atoms with E-state index in [0.29, 0.717) is 16.6 Å². The Bertz CT molecular complexity index is 852. The van der Waals surface area contributed by atoms with Crippen LogP contribution in [0.5, 0.6) is 0 Å². The molecule has 0 aromatic heterocycles. The zero-order valence-electron chi connectivity index (χ0n) is 18.8. The Kier molecular flexibility index (Phi) is 7.84. The van der Waals surface area contributed by atoms with Crippen molar-refractivity contribution in [2.45, 2.75) is 58.2 Å². The highest BCUT2D eigenvalue weighted by molar-refractivity contribution is 6.93. The van der Waals surface area contributed by atoms with Crippen molar-refractivity contribution in [1.29, 1.82) is 0 Å². The molecule has 29 heavy (non-hydrogen) atoms. The molecule has 0 aliphatic rings. The molecule has 0 aliphatic heterocycles. The van der Waals surface area contributed by atoms with Gasteiger partial charge in [-0.3, -0.25) is 0 Å². The summed E-state index contributed by atoms with van der Waals surface area (Å²) in [5.74, 6) is 3.21. The second-order valence-corrected chi connectivity index (χ2v) is 14.3. The highest BCUT2D eigenvalue weighted by Crippen LogP contribution is 2.50. The zero-order valence-corrected chi connectivity index (χ0v) is 19.8. The quantitative estimate of drug-likeness (QED) is 0.153. The smallest absolute Gasteiger partial charge is 0.134 e. The lowest BCUT2D eigenvalue weighted by Gasteiger charge is -2.44. The van der Waals surface area contributed by atoms with Crippen LogP contribution in [0.4, 0.5) is 0 Å². The molecule has 0 heterocycles. The van der Waals surface area contributed by atoms with E-state index in [4.69, 9.17) is 4.74 Å². The van der Waals surface area contributed by atoms with Crippen molar-refractivity contribution < 1.29 is 9.53 Å². The highest BCUT2D eigenvalue weighted by atomic mass is 28.3. The lowest BCUT2D eigenvalue weighted by Crippen LogP contribution is -2.47. The summed E-state index contributed by atoms with van der Waals surface area (Å²) in [6.45, 7) is 13.6. The topological polar surface area (TPSA) is 26.3 Å². The van der Waals surface area contributed by atoms with Gasteiger partial charge >= 0.3 is 0 Å². The molecule has 0 amide bonds. The Morgan fingerprint density at radius 1 is 0.759 bits per heavy atom. The first-order valence-corrected chi connectivity index (χ1v) is 12.7. The molecule has 0 atom stereocenters. The molecular weight excluding hydrogens is 372 g/mol. The van der Waals surface area contributed by atoms with E-state index in [1.807, 2.05) is 48.5 Å². The fourth-order valence-corrected chi connectivity index (χ4v) is 11.8. The van der Waals surface area contributed by atoms with Gasteiger partial charge in [0.15, 0.2) is 0 Å². The van der Waals surface area contributed by atoms with Gasteiger partial charge in [0.25, 0.3) is 0 Å². The van der Waals surface area contributed by atoms with Gasteiger partial charge in [-0.05, 0) is 22.2 Å². The SMILES string of the molecule is CO/C(=C(\C(=C=O)[Si](C(C)C)(C(C)C)C(C)C)c1ccccc1)c1ccccc1. The zero-order chi connectivity index (χ0) is 21.6. The molecule has 2 aromatic rings.